The van der Waals surface area contributed by atoms with Crippen LogP contribution in [0.1, 0.15) is 84.2 Å². The molecule has 2 N–H and O–H groups in total. The molecule has 1 aromatic rings. The third kappa shape index (κ3) is 9.08. The Kier molecular flexibility index (Phi) is 10.4. The number of thiophene rings is 1. The molecule has 0 saturated carbocycles. The highest BCUT2D eigenvalue weighted by Gasteiger charge is 2.44. The summed E-state index contributed by atoms with van der Waals surface area (Å²) in [5.74, 6) is 0. The maximum atomic E-state index is 13.9. The molecular weight excluding hydrogens is 522 g/mol. The van der Waals surface area contributed by atoms with Crippen LogP contribution in [-0.2, 0) is 26.4 Å². The zero-order valence-electron chi connectivity index (χ0n) is 22.1. The van der Waals surface area contributed by atoms with Crippen LogP contribution < -0.4 is 9.44 Å². The lowest BCUT2D eigenvalue weighted by Crippen LogP contribution is -2.44. The molecule has 0 bridgehead atoms. The lowest BCUT2D eigenvalue weighted by Gasteiger charge is -2.37. The fourth-order valence-corrected chi connectivity index (χ4v) is 6.19. The molecule has 0 spiro atoms. The Labute approximate surface area is 213 Å². The summed E-state index contributed by atoms with van der Waals surface area (Å²) in [6, 6.07) is 0.384. The fourth-order valence-electron chi connectivity index (χ4n) is 2.27. The first kappa shape index (κ1) is 31.9. The monoisotopic (exact) mass is 562 g/mol. The molecule has 0 aliphatic carbocycles. The predicted octanol–water partition coefficient (Wildman–Crippen LogP) is 6.52. The molecule has 34 heavy (non-hydrogen) atoms. The maximum Gasteiger partial charge on any atom is 0.409 e. The second-order valence-corrected chi connectivity index (χ2v) is 21.8. The maximum absolute atomic E-state index is 13.9. The van der Waals surface area contributed by atoms with Gasteiger partial charge in [-0.3, -0.25) is 0 Å². The summed E-state index contributed by atoms with van der Waals surface area (Å²) in [6.45, 7) is 21.0. The third-order valence-corrected chi connectivity index (χ3v) is 14.5. The van der Waals surface area contributed by atoms with Crippen LogP contribution in [-0.4, -0.2) is 39.0 Å². The largest absolute Gasteiger partial charge is 0.415 e. The van der Waals surface area contributed by atoms with Gasteiger partial charge in [0.25, 0.3) is 0 Å². The van der Waals surface area contributed by atoms with Gasteiger partial charge in [-0.15, -0.1) is 11.3 Å². The molecule has 0 amide bonds. The molecule has 0 aromatic carbocycles. The molecule has 12 heteroatoms. The zero-order chi connectivity index (χ0) is 26.9. The minimum Gasteiger partial charge on any atom is -0.415 e. The van der Waals surface area contributed by atoms with Gasteiger partial charge in [-0.25, -0.2) is 17.9 Å². The van der Waals surface area contributed by atoms with Crippen molar-refractivity contribution in [1.29, 1.82) is 0 Å². The van der Waals surface area contributed by atoms with Crippen molar-refractivity contribution < 1.29 is 26.0 Å². The van der Waals surface area contributed by atoms with E-state index in [2.05, 4.69) is 43.3 Å². The number of hydrogen-bond acceptors (Lipinski definition) is 4. The van der Waals surface area contributed by atoms with Crippen molar-refractivity contribution in [3.05, 3.63) is 21.9 Å². The Morgan fingerprint density at radius 2 is 1.32 bits per heavy atom. The topological polar surface area (TPSA) is 67.4 Å². The predicted molar refractivity (Wildman–Crippen MR) is 141 cm³/mol. The molecule has 0 fully saturated rings. The highest BCUT2D eigenvalue weighted by atomic mass is 32.2. The highest BCUT2D eigenvalue weighted by molar-refractivity contribution is 7.84. The van der Waals surface area contributed by atoms with Crippen LogP contribution in [0.25, 0.3) is 0 Å². The van der Waals surface area contributed by atoms with Crippen molar-refractivity contribution >= 4 is 41.6 Å². The molecule has 5 nitrogen and oxygen atoms in total. The minimum absolute atomic E-state index is 0.000711. The van der Waals surface area contributed by atoms with Crippen LogP contribution in [0.4, 0.5) is 13.2 Å². The Hall–Kier alpha value is -0.113. The van der Waals surface area contributed by atoms with Crippen LogP contribution >= 0.6 is 11.3 Å². The van der Waals surface area contributed by atoms with E-state index in [1.807, 2.05) is 20.8 Å². The molecule has 0 radical (unpaired) electrons. The van der Waals surface area contributed by atoms with Crippen molar-refractivity contribution in [3.8, 4) is 0 Å². The Morgan fingerprint density at radius 1 is 0.882 bits per heavy atom. The van der Waals surface area contributed by atoms with Crippen molar-refractivity contribution in [2.75, 3.05) is 6.61 Å². The SMILES string of the molecule is CC(C)(C)S(=O)N[C@H](c1ccc([C@@H](CO[Si](C)(C)C(C)(C)C)NS(=O)C(C)(C)C)s1)C(F)(F)F. The van der Waals surface area contributed by atoms with Crippen LogP contribution in [0, 0.1) is 0 Å². The molecule has 2 unspecified atom stereocenters. The van der Waals surface area contributed by atoms with E-state index in [1.54, 1.807) is 26.8 Å². The number of rotatable bonds is 9. The smallest absolute Gasteiger partial charge is 0.409 e. The summed E-state index contributed by atoms with van der Waals surface area (Å²) in [4.78, 5) is 0.588. The van der Waals surface area contributed by atoms with Gasteiger partial charge in [0.2, 0.25) is 0 Å². The average molecular weight is 563 g/mol. The van der Waals surface area contributed by atoms with Crippen LogP contribution in [0.3, 0.4) is 0 Å². The van der Waals surface area contributed by atoms with Gasteiger partial charge in [0.15, 0.2) is 8.32 Å². The van der Waals surface area contributed by atoms with E-state index in [-0.39, 0.29) is 16.5 Å². The second-order valence-electron chi connectivity index (χ2n) is 11.8. The molecule has 1 rings (SSSR count). The molecule has 0 aliphatic rings. The van der Waals surface area contributed by atoms with E-state index in [1.165, 1.54) is 6.07 Å². The van der Waals surface area contributed by atoms with E-state index in [4.69, 9.17) is 4.43 Å². The second kappa shape index (κ2) is 11.1. The molecular formula is C22H41F3N2O3S3Si. The molecule has 0 saturated heterocycles. The molecule has 200 valence electrons. The highest BCUT2D eigenvalue weighted by Crippen LogP contribution is 2.40. The van der Waals surface area contributed by atoms with Gasteiger partial charge in [-0.1, -0.05) is 20.8 Å². The summed E-state index contributed by atoms with van der Waals surface area (Å²) in [5.41, 5.74) is 0. The van der Waals surface area contributed by atoms with E-state index < -0.39 is 58.0 Å². The first-order valence-electron chi connectivity index (χ1n) is 11.1. The van der Waals surface area contributed by atoms with E-state index >= 15 is 0 Å². The summed E-state index contributed by atoms with van der Waals surface area (Å²) in [6.07, 6.45) is -4.63. The van der Waals surface area contributed by atoms with E-state index in [9.17, 15) is 21.6 Å². The summed E-state index contributed by atoms with van der Waals surface area (Å²) < 4.78 is 77.2. The lowest BCUT2D eigenvalue weighted by atomic mass is 10.2. The molecule has 1 heterocycles. The van der Waals surface area contributed by atoms with Gasteiger partial charge in [-0.2, -0.15) is 13.2 Å². The van der Waals surface area contributed by atoms with Gasteiger partial charge < -0.3 is 4.43 Å². The van der Waals surface area contributed by atoms with Crippen molar-refractivity contribution in [3.63, 3.8) is 0 Å². The standard InChI is InChI=1S/C22H41F3N2O3S3Si/c1-19(2,3)32(28)26-15(14-30-34(10,11)21(7,8)9)16-12-13-17(31-16)18(22(23,24)25)27-33(29)20(4,5)6/h12-13,15,18,26-27H,14H2,1-11H3/t15-,18-,32?,33?/m1/s1. The Bertz CT molecular complexity index is 870. The van der Waals surface area contributed by atoms with E-state index in [0.29, 0.717) is 4.88 Å². The van der Waals surface area contributed by atoms with Gasteiger partial charge in [-0.05, 0) is 71.8 Å². The van der Waals surface area contributed by atoms with Crippen molar-refractivity contribution in [2.24, 2.45) is 0 Å². The third-order valence-electron chi connectivity index (χ3n) is 5.61. The van der Waals surface area contributed by atoms with Gasteiger partial charge in [0, 0.05) is 9.75 Å². The summed E-state index contributed by atoms with van der Waals surface area (Å²) >= 11 is 0.961. The average Bonchev–Trinajstić information content (AvgIpc) is 3.08. The van der Waals surface area contributed by atoms with Crippen LogP contribution in [0.2, 0.25) is 18.1 Å². The fraction of sp³-hybridized carbons (Fsp3) is 0.818. The quantitative estimate of drug-likeness (QED) is 0.337. The summed E-state index contributed by atoms with van der Waals surface area (Å²) in [7, 11) is -5.51. The Morgan fingerprint density at radius 3 is 1.74 bits per heavy atom. The lowest BCUT2D eigenvalue weighted by molar-refractivity contribution is -0.152. The summed E-state index contributed by atoms with van der Waals surface area (Å²) in [5, 5.41) is -0.0519. The molecule has 1 aromatic heterocycles. The number of nitrogens with one attached hydrogen (secondary N) is 2. The Balaban J connectivity index is 3.31. The van der Waals surface area contributed by atoms with E-state index in [0.717, 1.165) is 11.3 Å². The molecule has 0 aliphatic heterocycles. The first-order valence-corrected chi connectivity index (χ1v) is 17.2. The van der Waals surface area contributed by atoms with Gasteiger partial charge in [0.05, 0.1) is 44.1 Å². The van der Waals surface area contributed by atoms with Gasteiger partial charge >= 0.3 is 6.18 Å². The van der Waals surface area contributed by atoms with Crippen LogP contribution in [0.5, 0.6) is 0 Å². The zero-order valence-corrected chi connectivity index (χ0v) is 25.5. The first-order chi connectivity index (χ1) is 15.0. The number of halogens is 3. The van der Waals surface area contributed by atoms with Crippen molar-refractivity contribution in [1.82, 2.24) is 9.44 Å². The minimum atomic E-state index is -4.63. The normalized spacial score (nSPS) is 17.9. The molecule has 4 atom stereocenters. The van der Waals surface area contributed by atoms with Crippen molar-refractivity contribution in [2.45, 2.75) is 108 Å². The van der Waals surface area contributed by atoms with Gasteiger partial charge in [0.1, 0.15) is 6.04 Å². The number of alkyl halides is 3. The number of hydrogen-bond donors (Lipinski definition) is 2. The van der Waals surface area contributed by atoms with Crippen LogP contribution in [0.15, 0.2) is 12.1 Å².